The van der Waals surface area contributed by atoms with E-state index in [0.29, 0.717) is 24.5 Å². The standard InChI is InChI=1S/C24H23ClN6O5/c1-15(32)28-23-12-21(31(6-8-35-16(2)33)7-9-36-17(3)34)4-5-22(23)29-30-24-18(13-26)10-20(25)11-19(24)14-27/h4-5,10-12H,6-9H2,1-3H3,(H,28,32). The number of nitrogens with zero attached hydrogens (tertiary/aromatic N) is 5. The highest BCUT2D eigenvalue weighted by Gasteiger charge is 2.14. The lowest BCUT2D eigenvalue weighted by atomic mass is 10.1. The van der Waals surface area contributed by atoms with Crippen LogP contribution >= 0.6 is 11.6 Å². The van der Waals surface area contributed by atoms with Gasteiger partial charge in [-0.2, -0.15) is 10.5 Å². The number of azo groups is 1. The maximum atomic E-state index is 11.8. The van der Waals surface area contributed by atoms with Crippen LogP contribution in [0.1, 0.15) is 31.9 Å². The van der Waals surface area contributed by atoms with Crippen LogP contribution in [0.3, 0.4) is 0 Å². The number of carbonyl (C=O) groups is 3. The van der Waals surface area contributed by atoms with E-state index in [2.05, 4.69) is 15.5 Å². The number of hydrogen-bond donors (Lipinski definition) is 1. The van der Waals surface area contributed by atoms with Crippen molar-refractivity contribution in [1.29, 1.82) is 10.5 Å². The third-order valence-electron chi connectivity index (χ3n) is 4.56. The molecule has 186 valence electrons. The zero-order valence-electron chi connectivity index (χ0n) is 19.9. The number of hydrogen-bond acceptors (Lipinski definition) is 10. The number of anilines is 2. The predicted octanol–water partition coefficient (Wildman–Crippen LogP) is 4.39. The van der Waals surface area contributed by atoms with Gasteiger partial charge in [0.25, 0.3) is 0 Å². The van der Waals surface area contributed by atoms with E-state index in [1.165, 1.54) is 32.9 Å². The van der Waals surface area contributed by atoms with Gasteiger partial charge in [0.2, 0.25) is 5.91 Å². The average molecular weight is 511 g/mol. The molecule has 1 N–H and O–H groups in total. The van der Waals surface area contributed by atoms with Crippen molar-refractivity contribution in [2.24, 2.45) is 10.2 Å². The summed E-state index contributed by atoms with van der Waals surface area (Å²) in [5, 5.41) is 29.9. The van der Waals surface area contributed by atoms with Crippen molar-refractivity contribution >= 4 is 52.2 Å². The van der Waals surface area contributed by atoms with Crippen LogP contribution in [-0.4, -0.2) is 44.1 Å². The van der Waals surface area contributed by atoms with Gasteiger partial charge in [0.15, 0.2) is 0 Å². The number of ether oxygens (including phenoxy) is 2. The molecule has 0 saturated carbocycles. The number of esters is 2. The summed E-state index contributed by atoms with van der Waals surface area (Å²) >= 11 is 5.95. The highest BCUT2D eigenvalue weighted by molar-refractivity contribution is 6.31. The average Bonchev–Trinajstić information content (AvgIpc) is 2.81. The number of nitrogens with one attached hydrogen (secondary N) is 1. The number of rotatable bonds is 10. The quantitative estimate of drug-likeness (QED) is 0.364. The molecule has 2 aromatic rings. The summed E-state index contributed by atoms with van der Waals surface area (Å²) in [5.41, 5.74) is 1.38. The van der Waals surface area contributed by atoms with E-state index in [1.54, 1.807) is 23.1 Å². The van der Waals surface area contributed by atoms with Crippen LogP contribution in [0.4, 0.5) is 22.7 Å². The number of halogens is 1. The first-order valence-electron chi connectivity index (χ1n) is 10.6. The van der Waals surface area contributed by atoms with Gasteiger partial charge in [-0.05, 0) is 30.3 Å². The molecule has 0 aliphatic heterocycles. The number of carbonyl (C=O) groups excluding carboxylic acids is 3. The number of benzene rings is 2. The summed E-state index contributed by atoms with van der Waals surface area (Å²) in [6, 6.07) is 11.5. The summed E-state index contributed by atoms with van der Waals surface area (Å²) in [7, 11) is 0. The van der Waals surface area contributed by atoms with Gasteiger partial charge >= 0.3 is 11.9 Å². The molecule has 12 heteroatoms. The van der Waals surface area contributed by atoms with E-state index in [0.717, 1.165) is 0 Å². The van der Waals surface area contributed by atoms with Crippen LogP contribution in [0.15, 0.2) is 40.6 Å². The first kappa shape index (κ1) is 27.8. The Balaban J connectivity index is 2.44. The van der Waals surface area contributed by atoms with Crippen LogP contribution in [-0.2, 0) is 23.9 Å². The molecule has 0 heterocycles. The normalized spacial score (nSPS) is 10.3. The van der Waals surface area contributed by atoms with Crippen molar-refractivity contribution in [3.05, 3.63) is 46.5 Å². The lowest BCUT2D eigenvalue weighted by Gasteiger charge is -2.25. The fourth-order valence-electron chi connectivity index (χ4n) is 3.05. The summed E-state index contributed by atoms with van der Waals surface area (Å²) in [6.45, 7) is 4.70. The van der Waals surface area contributed by atoms with Crippen molar-refractivity contribution in [2.45, 2.75) is 20.8 Å². The van der Waals surface area contributed by atoms with Gasteiger partial charge < -0.3 is 19.7 Å². The summed E-state index contributed by atoms with van der Waals surface area (Å²) in [6.07, 6.45) is 0. The van der Waals surface area contributed by atoms with Crippen LogP contribution < -0.4 is 10.2 Å². The third kappa shape index (κ3) is 8.38. The summed E-state index contributed by atoms with van der Waals surface area (Å²) in [5.74, 6) is -1.22. The van der Waals surface area contributed by atoms with Crippen molar-refractivity contribution < 1.29 is 23.9 Å². The Morgan fingerprint density at radius 1 is 0.944 bits per heavy atom. The molecule has 0 saturated heterocycles. The Bertz CT molecular complexity index is 1210. The molecule has 0 bridgehead atoms. The van der Waals surface area contributed by atoms with E-state index >= 15 is 0 Å². The molecular formula is C24H23ClN6O5. The molecule has 2 aromatic carbocycles. The van der Waals surface area contributed by atoms with E-state index in [-0.39, 0.29) is 46.6 Å². The maximum absolute atomic E-state index is 11.8. The zero-order valence-corrected chi connectivity index (χ0v) is 20.6. The molecule has 11 nitrogen and oxygen atoms in total. The minimum atomic E-state index is -0.430. The Morgan fingerprint density at radius 3 is 1.97 bits per heavy atom. The minimum Gasteiger partial charge on any atom is -0.464 e. The van der Waals surface area contributed by atoms with Gasteiger partial charge in [-0.3, -0.25) is 14.4 Å². The molecule has 0 atom stereocenters. The summed E-state index contributed by atoms with van der Waals surface area (Å²) < 4.78 is 10.1. The minimum absolute atomic E-state index is 0.0478. The molecule has 0 aliphatic carbocycles. The molecule has 0 radical (unpaired) electrons. The molecule has 2 rings (SSSR count). The number of nitriles is 2. The molecule has 0 aliphatic rings. The highest BCUT2D eigenvalue weighted by atomic mass is 35.5. The van der Waals surface area contributed by atoms with Gasteiger partial charge in [-0.25, -0.2) is 0 Å². The molecular weight excluding hydrogens is 488 g/mol. The zero-order chi connectivity index (χ0) is 26.7. The van der Waals surface area contributed by atoms with Crippen LogP contribution in [0.25, 0.3) is 0 Å². The lowest BCUT2D eigenvalue weighted by molar-refractivity contribution is -0.141. The second-order valence-electron chi connectivity index (χ2n) is 7.32. The molecule has 0 fully saturated rings. The third-order valence-corrected chi connectivity index (χ3v) is 4.78. The Labute approximate surface area is 212 Å². The predicted molar refractivity (Wildman–Crippen MR) is 131 cm³/mol. The second kappa shape index (κ2) is 13.4. The largest absolute Gasteiger partial charge is 0.464 e. The molecule has 0 unspecified atom stereocenters. The summed E-state index contributed by atoms with van der Waals surface area (Å²) in [4.78, 5) is 36.0. The monoisotopic (exact) mass is 510 g/mol. The van der Waals surface area contributed by atoms with E-state index in [4.69, 9.17) is 21.1 Å². The van der Waals surface area contributed by atoms with E-state index < -0.39 is 11.9 Å². The van der Waals surface area contributed by atoms with Crippen molar-refractivity contribution in [2.75, 3.05) is 36.5 Å². The van der Waals surface area contributed by atoms with Crippen molar-refractivity contribution in [3.63, 3.8) is 0 Å². The van der Waals surface area contributed by atoms with Gasteiger partial charge in [-0.1, -0.05) is 11.6 Å². The SMILES string of the molecule is CC(=O)Nc1cc(N(CCOC(C)=O)CCOC(C)=O)ccc1N=Nc1c(C#N)cc(Cl)cc1C#N. The van der Waals surface area contributed by atoms with Gasteiger partial charge in [0, 0.05) is 31.5 Å². The van der Waals surface area contributed by atoms with E-state index in [9.17, 15) is 24.9 Å². The Morgan fingerprint density at radius 2 is 1.50 bits per heavy atom. The molecule has 1 amide bonds. The second-order valence-corrected chi connectivity index (χ2v) is 7.76. The first-order valence-corrected chi connectivity index (χ1v) is 11.0. The molecule has 0 aromatic heterocycles. The van der Waals surface area contributed by atoms with Crippen molar-refractivity contribution in [1.82, 2.24) is 0 Å². The van der Waals surface area contributed by atoms with Crippen molar-refractivity contribution in [3.8, 4) is 12.1 Å². The fourth-order valence-corrected chi connectivity index (χ4v) is 3.27. The van der Waals surface area contributed by atoms with E-state index in [1.807, 2.05) is 12.1 Å². The van der Waals surface area contributed by atoms with Gasteiger partial charge in [0.1, 0.15) is 36.7 Å². The Kier molecular flexibility index (Phi) is 10.3. The van der Waals surface area contributed by atoms with Gasteiger partial charge in [0.05, 0.1) is 29.9 Å². The molecule has 36 heavy (non-hydrogen) atoms. The fraction of sp³-hybridized carbons (Fsp3) is 0.292. The van der Waals surface area contributed by atoms with Crippen LogP contribution in [0.2, 0.25) is 5.02 Å². The molecule has 0 spiro atoms. The maximum Gasteiger partial charge on any atom is 0.302 e. The van der Waals surface area contributed by atoms with Gasteiger partial charge in [-0.15, -0.1) is 10.2 Å². The highest BCUT2D eigenvalue weighted by Crippen LogP contribution is 2.34. The lowest BCUT2D eigenvalue weighted by Crippen LogP contribution is -2.32. The smallest absolute Gasteiger partial charge is 0.302 e. The van der Waals surface area contributed by atoms with Crippen LogP contribution in [0, 0.1) is 22.7 Å². The number of amides is 1. The van der Waals surface area contributed by atoms with Crippen LogP contribution in [0.5, 0.6) is 0 Å². The Hall–Kier alpha value is -4.48. The topological polar surface area (TPSA) is 157 Å². The first-order chi connectivity index (χ1) is 17.1.